The van der Waals surface area contributed by atoms with Crippen LogP contribution in [0.2, 0.25) is 0 Å². The zero-order valence-corrected chi connectivity index (χ0v) is 10.8. The Hall–Kier alpha value is 0. The Morgan fingerprint density at radius 2 is 0.938 bits per heavy atom. The van der Waals surface area contributed by atoms with E-state index in [9.17, 15) is 0 Å². The number of hydrogen-bond acceptors (Lipinski definition) is 0. The van der Waals surface area contributed by atoms with E-state index in [2.05, 4.69) is 0 Å². The van der Waals surface area contributed by atoms with Gasteiger partial charge in [-0.25, -0.2) is 0 Å². The summed E-state index contributed by atoms with van der Waals surface area (Å²) < 4.78 is 0. The maximum atomic E-state index is 1.58. The highest BCUT2D eigenvalue weighted by Crippen LogP contribution is 2.50. The van der Waals surface area contributed by atoms with E-state index in [1.54, 1.807) is 57.8 Å². The van der Waals surface area contributed by atoms with Crippen LogP contribution in [0.4, 0.5) is 0 Å². The first-order valence-corrected chi connectivity index (χ1v) is 7.86. The fraction of sp³-hybridized carbons (Fsp3) is 1.00. The molecule has 0 heterocycles. The lowest BCUT2D eigenvalue weighted by molar-refractivity contribution is 0.309. The van der Waals surface area contributed by atoms with Crippen molar-refractivity contribution in [2.45, 2.75) is 83.5 Å². The van der Waals surface area contributed by atoms with Crippen LogP contribution in [0.3, 0.4) is 0 Å². The molecule has 4 aliphatic carbocycles. The van der Waals surface area contributed by atoms with E-state index in [-0.39, 0.29) is 0 Å². The van der Waals surface area contributed by atoms with Crippen LogP contribution in [0, 0.1) is 17.3 Å². The molecule has 0 unspecified atom stereocenters. The van der Waals surface area contributed by atoms with Gasteiger partial charge < -0.3 is 0 Å². The summed E-state index contributed by atoms with van der Waals surface area (Å²) in [5, 5.41) is 0. The molecule has 0 heteroatoms. The molecule has 0 aliphatic heterocycles. The monoisotopic (exact) mass is 220 g/mol. The second-order valence-corrected chi connectivity index (χ2v) is 7.04. The fourth-order valence-electron chi connectivity index (χ4n) is 4.92. The third kappa shape index (κ3) is 2.31. The summed E-state index contributed by atoms with van der Waals surface area (Å²) in [7, 11) is 0. The molecule has 0 nitrogen and oxygen atoms in total. The molecule has 0 amide bonds. The first-order chi connectivity index (χ1) is 7.86. The number of hydrogen-bond donors (Lipinski definition) is 0. The Balaban J connectivity index is 0.000000104. The molecule has 0 N–H and O–H groups in total. The van der Waals surface area contributed by atoms with Crippen molar-refractivity contribution < 1.29 is 0 Å². The van der Waals surface area contributed by atoms with Gasteiger partial charge in [0.05, 0.1) is 0 Å². The highest BCUT2D eigenvalue weighted by atomic mass is 14.4. The SMILES string of the molecule is C1CC2CCC1C2.C1CCC2(C1)CCCC2. The minimum absolute atomic E-state index is 0.889. The van der Waals surface area contributed by atoms with Gasteiger partial charge in [0.2, 0.25) is 0 Å². The summed E-state index contributed by atoms with van der Waals surface area (Å²) in [6.07, 6.45) is 20.2. The number of rotatable bonds is 0. The van der Waals surface area contributed by atoms with Crippen LogP contribution in [-0.4, -0.2) is 0 Å². The minimum Gasteiger partial charge on any atom is -0.0528 e. The maximum absolute atomic E-state index is 1.58. The molecule has 1 spiro atoms. The molecule has 92 valence electrons. The van der Waals surface area contributed by atoms with Gasteiger partial charge in [-0.3, -0.25) is 0 Å². The summed E-state index contributed by atoms with van der Waals surface area (Å²) in [5.74, 6) is 2.34. The quantitative estimate of drug-likeness (QED) is 0.518. The molecule has 0 saturated heterocycles. The fourth-order valence-corrected chi connectivity index (χ4v) is 4.92. The molecule has 4 fully saturated rings. The van der Waals surface area contributed by atoms with Crippen molar-refractivity contribution in [2.24, 2.45) is 17.3 Å². The minimum atomic E-state index is 0.889. The molecule has 0 aromatic heterocycles. The van der Waals surface area contributed by atoms with Crippen molar-refractivity contribution in [3.8, 4) is 0 Å². The lowest BCUT2D eigenvalue weighted by Crippen LogP contribution is -2.08. The van der Waals surface area contributed by atoms with Crippen LogP contribution in [0.1, 0.15) is 83.5 Å². The van der Waals surface area contributed by atoms with Gasteiger partial charge in [0, 0.05) is 0 Å². The third-order valence-electron chi connectivity index (χ3n) is 5.96. The first-order valence-electron chi connectivity index (χ1n) is 7.86. The third-order valence-corrected chi connectivity index (χ3v) is 5.96. The van der Waals surface area contributed by atoms with Crippen molar-refractivity contribution in [1.82, 2.24) is 0 Å². The normalized spacial score (nSPS) is 39.0. The highest BCUT2D eigenvalue weighted by molar-refractivity contribution is 4.88. The second-order valence-electron chi connectivity index (χ2n) is 7.04. The smallest absolute Gasteiger partial charge is 0.0297 e. The molecular formula is C16H28. The van der Waals surface area contributed by atoms with Gasteiger partial charge >= 0.3 is 0 Å². The van der Waals surface area contributed by atoms with E-state index in [0.717, 1.165) is 5.41 Å². The van der Waals surface area contributed by atoms with E-state index in [1.165, 1.54) is 37.5 Å². The van der Waals surface area contributed by atoms with Gasteiger partial charge in [-0.05, 0) is 49.4 Å². The lowest BCUT2D eigenvalue weighted by atomic mass is 9.85. The average molecular weight is 220 g/mol. The second kappa shape index (κ2) is 4.70. The topological polar surface area (TPSA) is 0 Å². The zero-order chi connectivity index (χ0) is 10.8. The van der Waals surface area contributed by atoms with E-state index < -0.39 is 0 Å². The standard InChI is InChI=1S/C9H16.C7H12/c1-2-6-9(5-1)7-3-4-8-9;1-2-7-4-3-6(1)5-7/h1-8H2;6-7H,1-5H2. The predicted octanol–water partition coefficient (Wildman–Crippen LogP) is 5.32. The van der Waals surface area contributed by atoms with E-state index in [0.29, 0.717) is 0 Å². The van der Waals surface area contributed by atoms with Crippen LogP contribution >= 0.6 is 0 Å². The molecule has 4 saturated carbocycles. The summed E-state index contributed by atoms with van der Waals surface area (Å²) >= 11 is 0. The molecule has 4 rings (SSSR count). The Kier molecular flexibility index (Phi) is 3.27. The molecule has 0 aromatic carbocycles. The Bertz CT molecular complexity index is 183. The van der Waals surface area contributed by atoms with Gasteiger partial charge in [-0.2, -0.15) is 0 Å². The predicted molar refractivity (Wildman–Crippen MR) is 69.4 cm³/mol. The Morgan fingerprint density at radius 3 is 1.19 bits per heavy atom. The summed E-state index contributed by atoms with van der Waals surface area (Å²) in [6, 6.07) is 0. The van der Waals surface area contributed by atoms with Crippen LogP contribution < -0.4 is 0 Å². The van der Waals surface area contributed by atoms with Crippen LogP contribution in [0.5, 0.6) is 0 Å². The molecule has 4 aliphatic rings. The molecule has 2 bridgehead atoms. The van der Waals surface area contributed by atoms with E-state index in [4.69, 9.17) is 0 Å². The van der Waals surface area contributed by atoms with Crippen molar-refractivity contribution >= 4 is 0 Å². The van der Waals surface area contributed by atoms with Crippen molar-refractivity contribution in [3.63, 3.8) is 0 Å². The summed E-state index contributed by atoms with van der Waals surface area (Å²) in [6.45, 7) is 0. The van der Waals surface area contributed by atoms with Crippen LogP contribution in [0.25, 0.3) is 0 Å². The van der Waals surface area contributed by atoms with Gasteiger partial charge in [0.1, 0.15) is 0 Å². The van der Waals surface area contributed by atoms with Crippen molar-refractivity contribution in [3.05, 3.63) is 0 Å². The zero-order valence-electron chi connectivity index (χ0n) is 10.8. The average Bonchev–Trinajstić information content (AvgIpc) is 3.07. The molecule has 0 aromatic rings. The summed E-state index contributed by atoms with van der Waals surface area (Å²) in [4.78, 5) is 0. The van der Waals surface area contributed by atoms with E-state index in [1.807, 2.05) is 0 Å². The van der Waals surface area contributed by atoms with Gasteiger partial charge in [0.15, 0.2) is 0 Å². The van der Waals surface area contributed by atoms with Crippen LogP contribution in [-0.2, 0) is 0 Å². The van der Waals surface area contributed by atoms with Crippen LogP contribution in [0.15, 0.2) is 0 Å². The number of fused-ring (bicyclic) bond motifs is 2. The van der Waals surface area contributed by atoms with Gasteiger partial charge in [0.25, 0.3) is 0 Å². The van der Waals surface area contributed by atoms with Crippen molar-refractivity contribution in [1.29, 1.82) is 0 Å². The molecule has 0 atom stereocenters. The Labute approximate surface area is 101 Å². The first kappa shape index (κ1) is 11.1. The highest BCUT2D eigenvalue weighted by Gasteiger charge is 2.35. The lowest BCUT2D eigenvalue weighted by Gasteiger charge is -2.20. The molecule has 16 heavy (non-hydrogen) atoms. The van der Waals surface area contributed by atoms with Crippen molar-refractivity contribution in [2.75, 3.05) is 0 Å². The van der Waals surface area contributed by atoms with Gasteiger partial charge in [-0.1, -0.05) is 51.4 Å². The summed E-state index contributed by atoms with van der Waals surface area (Å²) in [5.41, 5.74) is 0.889. The Morgan fingerprint density at radius 1 is 0.562 bits per heavy atom. The largest absolute Gasteiger partial charge is 0.0528 e. The maximum Gasteiger partial charge on any atom is -0.0297 e. The molecule has 0 radical (unpaired) electrons. The van der Waals surface area contributed by atoms with E-state index >= 15 is 0 Å². The van der Waals surface area contributed by atoms with Gasteiger partial charge in [-0.15, -0.1) is 0 Å². The molecular weight excluding hydrogens is 192 g/mol.